The highest BCUT2D eigenvalue weighted by Gasteiger charge is 2.08. The molecule has 2 rings (SSSR count). The lowest BCUT2D eigenvalue weighted by Crippen LogP contribution is -1.99. The van der Waals surface area contributed by atoms with Crippen molar-refractivity contribution in [2.75, 3.05) is 0 Å². The van der Waals surface area contributed by atoms with Crippen LogP contribution in [-0.4, -0.2) is 4.98 Å². The summed E-state index contributed by atoms with van der Waals surface area (Å²) in [5, 5.41) is 11.9. The molecule has 0 aliphatic heterocycles. The van der Waals surface area contributed by atoms with Crippen LogP contribution in [0.4, 0.5) is 0 Å². The molecule has 0 aliphatic rings. The molecule has 0 bridgehead atoms. The fourth-order valence-corrected chi connectivity index (χ4v) is 2.53. The summed E-state index contributed by atoms with van der Waals surface area (Å²) in [6.45, 7) is 6.36. The Bertz CT molecular complexity index is 587. The van der Waals surface area contributed by atoms with Gasteiger partial charge >= 0.3 is 0 Å². The van der Waals surface area contributed by atoms with E-state index in [1.165, 1.54) is 0 Å². The molecule has 92 valence electrons. The first-order chi connectivity index (χ1) is 8.60. The minimum absolute atomic E-state index is 0.478. The second-order valence-electron chi connectivity index (χ2n) is 4.22. The number of nitrogens with zero attached hydrogens (tertiary/aromatic N) is 2. The maximum absolute atomic E-state index is 8.89. The van der Waals surface area contributed by atoms with Crippen molar-refractivity contribution in [2.24, 2.45) is 0 Å². The molecule has 0 radical (unpaired) electrons. The molecule has 0 spiro atoms. The van der Waals surface area contributed by atoms with Gasteiger partial charge in [-0.25, -0.2) is 4.98 Å². The molecule has 0 fully saturated rings. The zero-order valence-corrected chi connectivity index (χ0v) is 11.5. The number of thiazole rings is 1. The first kappa shape index (κ1) is 12.6. The summed E-state index contributed by atoms with van der Waals surface area (Å²) < 4.78 is 5.80. The lowest BCUT2D eigenvalue weighted by molar-refractivity contribution is 0.301. The molecule has 0 atom stereocenters. The van der Waals surface area contributed by atoms with Crippen LogP contribution in [0.5, 0.6) is 5.75 Å². The molecule has 0 N–H and O–H groups in total. The normalized spacial score (nSPS) is 10.1. The Balaban J connectivity index is 2.17. The highest BCUT2D eigenvalue weighted by atomic mass is 32.1. The average molecular weight is 258 g/mol. The number of rotatable bonds is 3. The van der Waals surface area contributed by atoms with Crippen LogP contribution in [0.2, 0.25) is 0 Å². The van der Waals surface area contributed by atoms with Crippen molar-refractivity contribution < 1.29 is 4.74 Å². The van der Waals surface area contributed by atoms with Crippen molar-refractivity contribution in [1.29, 1.82) is 5.26 Å². The predicted molar refractivity (Wildman–Crippen MR) is 71.8 cm³/mol. The number of aromatic nitrogens is 1. The Hall–Kier alpha value is -1.86. The van der Waals surface area contributed by atoms with Gasteiger partial charge in [-0.05, 0) is 44.0 Å². The summed E-state index contributed by atoms with van der Waals surface area (Å²) in [5.41, 5.74) is 3.66. The Morgan fingerprint density at radius 3 is 2.44 bits per heavy atom. The minimum atomic E-state index is 0.478. The number of aryl methyl sites for hydroxylation is 3. The molecule has 0 saturated heterocycles. The lowest BCUT2D eigenvalue weighted by atomic mass is 10.1. The van der Waals surface area contributed by atoms with Crippen LogP contribution in [0.1, 0.15) is 27.4 Å². The zero-order chi connectivity index (χ0) is 13.1. The Morgan fingerprint density at radius 1 is 1.28 bits per heavy atom. The van der Waals surface area contributed by atoms with Crippen molar-refractivity contribution in [3.8, 4) is 11.8 Å². The van der Waals surface area contributed by atoms with Crippen LogP contribution in [0.25, 0.3) is 0 Å². The topological polar surface area (TPSA) is 45.9 Å². The van der Waals surface area contributed by atoms with E-state index < -0.39 is 0 Å². The van der Waals surface area contributed by atoms with Crippen LogP contribution in [0, 0.1) is 32.1 Å². The lowest BCUT2D eigenvalue weighted by Gasteiger charge is -2.11. The van der Waals surface area contributed by atoms with E-state index in [1.54, 1.807) is 11.3 Å². The first-order valence-corrected chi connectivity index (χ1v) is 6.53. The summed E-state index contributed by atoms with van der Waals surface area (Å²) >= 11 is 1.60. The molecule has 0 aliphatic carbocycles. The van der Waals surface area contributed by atoms with Crippen LogP contribution < -0.4 is 4.74 Å². The SMILES string of the molecule is Cc1csc(COc2c(C)cc(C#N)cc2C)n1. The molecule has 1 aromatic heterocycles. The molecule has 4 heteroatoms. The second-order valence-corrected chi connectivity index (χ2v) is 5.16. The Morgan fingerprint density at radius 2 is 1.94 bits per heavy atom. The molecule has 0 amide bonds. The fraction of sp³-hybridized carbons (Fsp3) is 0.286. The van der Waals surface area contributed by atoms with Gasteiger partial charge in [0.2, 0.25) is 0 Å². The molecule has 3 nitrogen and oxygen atoms in total. The molecular weight excluding hydrogens is 244 g/mol. The number of ether oxygens (including phenoxy) is 1. The van der Waals surface area contributed by atoms with E-state index in [4.69, 9.17) is 10.00 Å². The van der Waals surface area contributed by atoms with Gasteiger partial charge in [-0.1, -0.05) is 0 Å². The van der Waals surface area contributed by atoms with Gasteiger partial charge in [-0.15, -0.1) is 11.3 Å². The van der Waals surface area contributed by atoms with Gasteiger partial charge in [0.1, 0.15) is 17.4 Å². The summed E-state index contributed by atoms with van der Waals surface area (Å²) in [7, 11) is 0. The van der Waals surface area contributed by atoms with Gasteiger partial charge in [0, 0.05) is 11.1 Å². The predicted octanol–water partition coefficient (Wildman–Crippen LogP) is 3.52. The van der Waals surface area contributed by atoms with Gasteiger partial charge in [0.05, 0.1) is 11.6 Å². The van der Waals surface area contributed by atoms with Crippen molar-refractivity contribution in [1.82, 2.24) is 4.98 Å². The second kappa shape index (κ2) is 5.19. The third kappa shape index (κ3) is 2.69. The van der Waals surface area contributed by atoms with Crippen LogP contribution >= 0.6 is 11.3 Å². The number of hydrogen-bond acceptors (Lipinski definition) is 4. The monoisotopic (exact) mass is 258 g/mol. The van der Waals surface area contributed by atoms with Gasteiger partial charge in [-0.2, -0.15) is 5.26 Å². The molecule has 1 aromatic carbocycles. The molecule has 0 unspecified atom stereocenters. The van der Waals surface area contributed by atoms with Gasteiger partial charge < -0.3 is 4.74 Å². The summed E-state index contributed by atoms with van der Waals surface area (Å²) in [6, 6.07) is 5.83. The Kier molecular flexibility index (Phi) is 3.63. The highest BCUT2D eigenvalue weighted by molar-refractivity contribution is 7.09. The molecule has 18 heavy (non-hydrogen) atoms. The van der Waals surface area contributed by atoms with E-state index in [-0.39, 0.29) is 0 Å². The van der Waals surface area contributed by atoms with E-state index in [1.807, 2.05) is 38.3 Å². The zero-order valence-electron chi connectivity index (χ0n) is 10.7. The van der Waals surface area contributed by atoms with Crippen LogP contribution in [0.3, 0.4) is 0 Å². The van der Waals surface area contributed by atoms with Gasteiger partial charge in [0.25, 0.3) is 0 Å². The maximum atomic E-state index is 8.89. The fourth-order valence-electron chi connectivity index (χ4n) is 1.85. The number of benzene rings is 1. The molecular formula is C14H14N2OS. The third-order valence-electron chi connectivity index (χ3n) is 2.60. The van der Waals surface area contributed by atoms with Crippen molar-refractivity contribution in [2.45, 2.75) is 27.4 Å². The van der Waals surface area contributed by atoms with E-state index in [0.29, 0.717) is 12.2 Å². The van der Waals surface area contributed by atoms with Crippen molar-refractivity contribution in [3.63, 3.8) is 0 Å². The van der Waals surface area contributed by atoms with E-state index in [9.17, 15) is 0 Å². The van der Waals surface area contributed by atoms with Crippen LogP contribution in [-0.2, 0) is 6.61 Å². The van der Waals surface area contributed by atoms with Crippen molar-refractivity contribution in [3.05, 3.63) is 44.9 Å². The van der Waals surface area contributed by atoms with Gasteiger partial charge in [-0.3, -0.25) is 0 Å². The van der Waals surface area contributed by atoms with Crippen molar-refractivity contribution >= 4 is 11.3 Å². The highest BCUT2D eigenvalue weighted by Crippen LogP contribution is 2.25. The molecule has 1 heterocycles. The summed E-state index contributed by atoms with van der Waals surface area (Å²) in [6.07, 6.45) is 0. The smallest absolute Gasteiger partial charge is 0.140 e. The van der Waals surface area contributed by atoms with Crippen LogP contribution in [0.15, 0.2) is 17.5 Å². The maximum Gasteiger partial charge on any atom is 0.140 e. The quantitative estimate of drug-likeness (QED) is 0.846. The summed E-state index contributed by atoms with van der Waals surface area (Å²) in [5.74, 6) is 0.849. The number of hydrogen-bond donors (Lipinski definition) is 0. The molecule has 2 aromatic rings. The van der Waals surface area contributed by atoms with Gasteiger partial charge in [0.15, 0.2) is 0 Å². The molecule has 0 saturated carbocycles. The largest absolute Gasteiger partial charge is 0.486 e. The first-order valence-electron chi connectivity index (χ1n) is 5.65. The third-order valence-corrected chi connectivity index (χ3v) is 3.54. The van der Waals surface area contributed by atoms with E-state index in [0.717, 1.165) is 27.6 Å². The number of nitriles is 1. The van der Waals surface area contributed by atoms with E-state index >= 15 is 0 Å². The Labute approximate surface area is 111 Å². The van der Waals surface area contributed by atoms with E-state index in [2.05, 4.69) is 11.1 Å². The standard InChI is InChI=1S/C14H14N2OS/c1-9-4-12(6-15)5-10(2)14(9)17-7-13-16-11(3)8-18-13/h4-5,8H,7H2,1-3H3. The average Bonchev–Trinajstić information content (AvgIpc) is 2.73. The summed E-state index contributed by atoms with van der Waals surface area (Å²) in [4.78, 5) is 4.36. The minimum Gasteiger partial charge on any atom is -0.486 e.